The van der Waals surface area contributed by atoms with Crippen LogP contribution in [-0.4, -0.2) is 75.0 Å². The standard InChI is InChI=1S/C27H31N5O6/c28-20(13-17-14-29-21-5-2-1-4-19(17)21)25(35)31-22(12-16-7-9-18(33)10-8-16)26(36)30-15-24(34)32-11-3-6-23(32)27(37)38/h1-2,4-5,7-10,14,20,22-23,29,33H,3,6,11-13,15,28H2,(H,30,36)(H,31,35)(H,37,38). The maximum Gasteiger partial charge on any atom is 0.326 e. The summed E-state index contributed by atoms with van der Waals surface area (Å²) in [7, 11) is 0. The summed E-state index contributed by atoms with van der Waals surface area (Å²) in [4.78, 5) is 54.5. The lowest BCUT2D eigenvalue weighted by atomic mass is 10.0. The van der Waals surface area contributed by atoms with Crippen LogP contribution in [0.3, 0.4) is 0 Å². The van der Waals surface area contributed by atoms with Crippen molar-refractivity contribution in [1.29, 1.82) is 0 Å². The largest absolute Gasteiger partial charge is 0.508 e. The van der Waals surface area contributed by atoms with Crippen LogP contribution < -0.4 is 16.4 Å². The molecule has 3 atom stereocenters. The van der Waals surface area contributed by atoms with Crippen LogP contribution in [-0.2, 0) is 32.0 Å². The number of carboxylic acids is 1. The number of aromatic nitrogens is 1. The van der Waals surface area contributed by atoms with Crippen LogP contribution in [0.25, 0.3) is 10.9 Å². The smallest absolute Gasteiger partial charge is 0.326 e. The molecule has 3 unspecified atom stereocenters. The molecule has 1 aromatic heterocycles. The van der Waals surface area contributed by atoms with Crippen molar-refractivity contribution in [2.24, 2.45) is 5.73 Å². The highest BCUT2D eigenvalue weighted by atomic mass is 16.4. The number of carbonyl (C=O) groups is 4. The average molecular weight is 522 g/mol. The van der Waals surface area contributed by atoms with Crippen molar-refractivity contribution in [3.05, 3.63) is 65.9 Å². The number of phenols is 1. The van der Waals surface area contributed by atoms with Gasteiger partial charge >= 0.3 is 5.97 Å². The summed E-state index contributed by atoms with van der Waals surface area (Å²) in [6.45, 7) is -0.0893. The van der Waals surface area contributed by atoms with Gasteiger partial charge in [-0.25, -0.2) is 4.79 Å². The lowest BCUT2D eigenvalue weighted by Crippen LogP contribution is -2.54. The molecule has 4 rings (SSSR count). The van der Waals surface area contributed by atoms with Crippen molar-refractivity contribution in [3.8, 4) is 5.75 Å². The Hall–Kier alpha value is -4.38. The molecule has 3 aromatic rings. The van der Waals surface area contributed by atoms with Gasteiger partial charge in [-0.15, -0.1) is 0 Å². The van der Waals surface area contributed by atoms with E-state index in [1.807, 2.05) is 24.3 Å². The number of likely N-dealkylation sites (tertiary alicyclic amines) is 1. The zero-order valence-electron chi connectivity index (χ0n) is 20.7. The van der Waals surface area contributed by atoms with Crippen LogP contribution in [0.1, 0.15) is 24.0 Å². The number of carboxylic acid groups (broad SMARTS) is 1. The molecule has 7 N–H and O–H groups in total. The number of amides is 3. The number of fused-ring (bicyclic) bond motifs is 1. The molecule has 2 aromatic carbocycles. The summed E-state index contributed by atoms with van der Waals surface area (Å²) in [5.41, 5.74) is 8.67. The molecule has 0 bridgehead atoms. The van der Waals surface area contributed by atoms with E-state index >= 15 is 0 Å². The zero-order valence-corrected chi connectivity index (χ0v) is 20.7. The summed E-state index contributed by atoms with van der Waals surface area (Å²) < 4.78 is 0. The van der Waals surface area contributed by atoms with Crippen LogP contribution in [0.2, 0.25) is 0 Å². The Morgan fingerprint density at radius 3 is 2.53 bits per heavy atom. The van der Waals surface area contributed by atoms with Gasteiger partial charge in [-0.05, 0) is 48.6 Å². The Morgan fingerprint density at radius 2 is 1.79 bits per heavy atom. The van der Waals surface area contributed by atoms with Gasteiger partial charge in [-0.3, -0.25) is 14.4 Å². The fourth-order valence-electron chi connectivity index (χ4n) is 4.70. The summed E-state index contributed by atoms with van der Waals surface area (Å²) in [5.74, 6) is -2.67. The van der Waals surface area contributed by atoms with E-state index in [2.05, 4.69) is 15.6 Å². The second kappa shape index (κ2) is 11.8. The normalized spacial score (nSPS) is 16.7. The lowest BCUT2D eigenvalue weighted by molar-refractivity contribution is -0.148. The van der Waals surface area contributed by atoms with E-state index in [4.69, 9.17) is 5.73 Å². The molecule has 11 heteroatoms. The van der Waals surface area contributed by atoms with Gasteiger partial charge < -0.3 is 36.5 Å². The Labute approximate surface area is 219 Å². The van der Waals surface area contributed by atoms with Crippen molar-refractivity contribution < 1.29 is 29.4 Å². The molecule has 2 heterocycles. The Morgan fingerprint density at radius 1 is 1.05 bits per heavy atom. The number of rotatable bonds is 10. The van der Waals surface area contributed by atoms with Crippen LogP contribution in [0.4, 0.5) is 0 Å². The number of nitrogens with two attached hydrogens (primary N) is 1. The van der Waals surface area contributed by atoms with Gasteiger partial charge in [0.1, 0.15) is 17.8 Å². The number of benzene rings is 2. The summed E-state index contributed by atoms with van der Waals surface area (Å²) >= 11 is 0. The average Bonchev–Trinajstić information content (AvgIpc) is 3.56. The van der Waals surface area contributed by atoms with E-state index in [9.17, 15) is 29.4 Å². The Balaban J connectivity index is 1.42. The molecule has 3 amide bonds. The molecule has 0 aliphatic carbocycles. The number of carbonyl (C=O) groups excluding carboxylic acids is 3. The molecule has 1 saturated heterocycles. The van der Waals surface area contributed by atoms with Crippen molar-refractivity contribution in [2.45, 2.75) is 43.8 Å². The third kappa shape index (κ3) is 6.30. The Bertz CT molecular complexity index is 1320. The number of aromatic hydroxyl groups is 1. The Kier molecular flexibility index (Phi) is 8.27. The van der Waals surface area contributed by atoms with E-state index in [-0.39, 0.29) is 18.6 Å². The first-order chi connectivity index (χ1) is 18.2. The lowest BCUT2D eigenvalue weighted by Gasteiger charge is -2.23. The second-order valence-corrected chi connectivity index (χ2v) is 9.40. The van der Waals surface area contributed by atoms with Gasteiger partial charge in [0.25, 0.3) is 0 Å². The van der Waals surface area contributed by atoms with Crippen molar-refractivity contribution in [3.63, 3.8) is 0 Å². The number of aromatic amines is 1. The van der Waals surface area contributed by atoms with Gasteiger partial charge in [0.15, 0.2) is 0 Å². The molecule has 11 nitrogen and oxygen atoms in total. The predicted molar refractivity (Wildman–Crippen MR) is 139 cm³/mol. The minimum absolute atomic E-state index is 0.0590. The monoisotopic (exact) mass is 521 g/mol. The number of para-hydroxylation sites is 1. The van der Waals surface area contributed by atoms with Crippen LogP contribution >= 0.6 is 0 Å². The number of phenolic OH excluding ortho intramolecular Hbond substituents is 1. The highest BCUT2D eigenvalue weighted by Crippen LogP contribution is 2.19. The van der Waals surface area contributed by atoms with Crippen LogP contribution in [0.5, 0.6) is 5.75 Å². The molecule has 200 valence electrons. The van der Waals surface area contributed by atoms with Gasteiger partial charge in [0.05, 0.1) is 12.6 Å². The first-order valence-corrected chi connectivity index (χ1v) is 12.4. The minimum Gasteiger partial charge on any atom is -0.508 e. The van der Waals surface area contributed by atoms with Crippen molar-refractivity contribution in [1.82, 2.24) is 20.5 Å². The van der Waals surface area contributed by atoms with E-state index in [0.29, 0.717) is 24.9 Å². The van der Waals surface area contributed by atoms with E-state index in [0.717, 1.165) is 16.5 Å². The van der Waals surface area contributed by atoms with Gasteiger partial charge in [-0.1, -0.05) is 30.3 Å². The zero-order chi connectivity index (χ0) is 27.2. The maximum absolute atomic E-state index is 13.1. The number of hydrogen-bond acceptors (Lipinski definition) is 6. The van der Waals surface area contributed by atoms with E-state index in [1.54, 1.807) is 18.3 Å². The van der Waals surface area contributed by atoms with Crippen LogP contribution in [0.15, 0.2) is 54.7 Å². The predicted octanol–water partition coefficient (Wildman–Crippen LogP) is 0.663. The number of hydrogen-bond donors (Lipinski definition) is 6. The quantitative estimate of drug-likeness (QED) is 0.227. The number of nitrogens with one attached hydrogen (secondary N) is 3. The first-order valence-electron chi connectivity index (χ1n) is 12.4. The van der Waals surface area contributed by atoms with Gasteiger partial charge in [-0.2, -0.15) is 0 Å². The van der Waals surface area contributed by atoms with E-state index < -0.39 is 48.4 Å². The number of nitrogens with zero attached hydrogens (tertiary/aromatic N) is 1. The minimum atomic E-state index is -1.08. The maximum atomic E-state index is 13.1. The molecule has 1 aliphatic rings. The molecule has 1 fully saturated rings. The second-order valence-electron chi connectivity index (χ2n) is 9.40. The summed E-state index contributed by atoms with van der Waals surface area (Å²) in [6, 6.07) is 10.9. The summed E-state index contributed by atoms with van der Waals surface area (Å²) in [5, 5.41) is 25.1. The SMILES string of the molecule is NC(Cc1c[nH]c2ccccc12)C(=O)NC(Cc1ccc(O)cc1)C(=O)NCC(=O)N1CCCC1C(=O)O. The molecule has 38 heavy (non-hydrogen) atoms. The third-order valence-corrected chi connectivity index (χ3v) is 6.73. The molecule has 0 radical (unpaired) electrons. The van der Waals surface area contributed by atoms with Gasteiger partial charge in [0, 0.05) is 30.1 Å². The fourth-order valence-corrected chi connectivity index (χ4v) is 4.70. The van der Waals surface area contributed by atoms with E-state index in [1.165, 1.54) is 17.0 Å². The first kappa shape index (κ1) is 26.7. The topological polar surface area (TPSA) is 178 Å². The van der Waals surface area contributed by atoms with Crippen molar-refractivity contribution in [2.75, 3.05) is 13.1 Å². The fraction of sp³-hybridized carbons (Fsp3) is 0.333. The number of H-pyrrole nitrogens is 1. The molecule has 1 aliphatic heterocycles. The molecular formula is C27H31N5O6. The highest BCUT2D eigenvalue weighted by molar-refractivity contribution is 5.93. The van der Waals surface area contributed by atoms with Crippen LogP contribution in [0, 0.1) is 0 Å². The molecular weight excluding hydrogens is 490 g/mol. The third-order valence-electron chi connectivity index (χ3n) is 6.73. The van der Waals surface area contributed by atoms with Crippen molar-refractivity contribution >= 4 is 34.6 Å². The number of aliphatic carboxylic acids is 1. The molecule has 0 spiro atoms. The molecule has 0 saturated carbocycles. The van der Waals surface area contributed by atoms with Gasteiger partial charge in [0.2, 0.25) is 17.7 Å². The summed E-state index contributed by atoms with van der Waals surface area (Å²) in [6.07, 6.45) is 3.07. The highest BCUT2D eigenvalue weighted by Gasteiger charge is 2.34.